The van der Waals surface area contributed by atoms with Crippen molar-refractivity contribution in [1.82, 2.24) is 0 Å². The van der Waals surface area contributed by atoms with Crippen molar-refractivity contribution >= 4 is 21.7 Å². The Morgan fingerprint density at radius 1 is 1.25 bits per heavy atom. The molecule has 1 aromatic carbocycles. The average Bonchev–Trinajstić information content (AvgIpc) is 2.36. The molecule has 0 bridgehead atoms. The van der Waals surface area contributed by atoms with E-state index in [0.717, 1.165) is 16.1 Å². The second kappa shape index (κ2) is 7.25. The van der Waals surface area contributed by atoms with Crippen molar-refractivity contribution in [2.45, 2.75) is 13.3 Å². The van der Waals surface area contributed by atoms with Crippen LogP contribution in [0.2, 0.25) is 0 Å². The first kappa shape index (κ1) is 16.5. The van der Waals surface area contributed by atoms with Gasteiger partial charge in [0.25, 0.3) is 0 Å². The summed E-state index contributed by atoms with van der Waals surface area (Å²) in [6.45, 7) is 2.03. The van der Waals surface area contributed by atoms with Gasteiger partial charge in [0.15, 0.2) is 0 Å². The van der Waals surface area contributed by atoms with Crippen molar-refractivity contribution < 1.29 is 22.7 Å². The first-order chi connectivity index (χ1) is 9.38. The first-order valence-electron chi connectivity index (χ1n) is 6.09. The number of sulfonamides is 1. The number of nitrogens with zero attached hydrogens (tertiary/aromatic N) is 1. The van der Waals surface area contributed by atoms with Crippen LogP contribution in [0, 0.1) is 0 Å². The lowest BCUT2D eigenvalue weighted by Crippen LogP contribution is -2.31. The van der Waals surface area contributed by atoms with Crippen molar-refractivity contribution in [2.24, 2.45) is 0 Å². The summed E-state index contributed by atoms with van der Waals surface area (Å²) >= 11 is 0. The summed E-state index contributed by atoms with van der Waals surface area (Å²) in [4.78, 5) is 11.3. The Labute approximate surface area is 119 Å². The summed E-state index contributed by atoms with van der Waals surface area (Å²) in [7, 11) is -1.98. The highest BCUT2D eigenvalue weighted by Gasteiger charge is 2.17. The molecule has 0 aliphatic heterocycles. The maximum atomic E-state index is 11.6. The Hall–Kier alpha value is -1.60. The minimum absolute atomic E-state index is 0.0595. The quantitative estimate of drug-likeness (QED) is 0.558. The van der Waals surface area contributed by atoms with Crippen LogP contribution in [0.25, 0.3) is 0 Å². The predicted octanol–water partition coefficient (Wildman–Crippen LogP) is 1.16. The van der Waals surface area contributed by atoms with Crippen molar-refractivity contribution in [3.8, 4) is 0 Å². The molecule has 0 aromatic heterocycles. The zero-order valence-corrected chi connectivity index (χ0v) is 12.6. The summed E-state index contributed by atoms with van der Waals surface area (Å²) in [5.41, 5.74) is 1.25. The van der Waals surface area contributed by atoms with Gasteiger partial charge < -0.3 is 9.47 Å². The molecule has 0 radical (unpaired) electrons. The van der Waals surface area contributed by atoms with Crippen molar-refractivity contribution in [3.05, 3.63) is 29.8 Å². The Balaban J connectivity index is 2.86. The van der Waals surface area contributed by atoms with Gasteiger partial charge in [0.2, 0.25) is 10.0 Å². The fourth-order valence-electron chi connectivity index (χ4n) is 1.64. The number of hydrogen-bond donors (Lipinski definition) is 0. The van der Waals surface area contributed by atoms with Gasteiger partial charge in [0.05, 0.1) is 25.0 Å². The van der Waals surface area contributed by atoms with E-state index in [1.807, 2.05) is 0 Å². The summed E-state index contributed by atoms with van der Waals surface area (Å²) < 4.78 is 34.2. The minimum Gasteiger partial charge on any atom is -0.466 e. The monoisotopic (exact) mass is 301 g/mol. The molecule has 0 saturated heterocycles. The van der Waals surface area contributed by atoms with Gasteiger partial charge in [-0.15, -0.1) is 0 Å². The summed E-state index contributed by atoms with van der Waals surface area (Å²) in [6, 6.07) is 6.66. The van der Waals surface area contributed by atoms with Gasteiger partial charge in [-0.25, -0.2) is 12.7 Å². The van der Waals surface area contributed by atoms with E-state index < -0.39 is 10.0 Å². The third kappa shape index (κ3) is 4.82. The van der Waals surface area contributed by atoms with Gasteiger partial charge in [-0.3, -0.25) is 4.79 Å². The summed E-state index contributed by atoms with van der Waals surface area (Å²) in [5.74, 6) is -0.308. The SMILES string of the molecule is CCOC(=O)Cc1ccc(N(COC)S(C)(=O)=O)cc1. The predicted molar refractivity (Wildman–Crippen MR) is 76.0 cm³/mol. The molecule has 6 nitrogen and oxygen atoms in total. The Morgan fingerprint density at radius 3 is 2.30 bits per heavy atom. The van der Waals surface area contributed by atoms with Crippen LogP contribution in [0.15, 0.2) is 24.3 Å². The van der Waals surface area contributed by atoms with Crippen LogP contribution in [-0.4, -0.2) is 41.1 Å². The summed E-state index contributed by atoms with van der Waals surface area (Å²) in [6.07, 6.45) is 1.27. The number of ether oxygens (including phenoxy) is 2. The molecule has 1 aromatic rings. The normalized spacial score (nSPS) is 11.2. The first-order valence-corrected chi connectivity index (χ1v) is 7.94. The van der Waals surface area contributed by atoms with Gasteiger partial charge >= 0.3 is 5.97 Å². The molecule has 0 unspecified atom stereocenters. The van der Waals surface area contributed by atoms with Crippen LogP contribution in [0.5, 0.6) is 0 Å². The maximum Gasteiger partial charge on any atom is 0.310 e. The zero-order valence-electron chi connectivity index (χ0n) is 11.8. The number of carbonyl (C=O) groups is 1. The molecule has 1 rings (SSSR count). The third-order valence-electron chi connectivity index (χ3n) is 2.52. The number of carbonyl (C=O) groups excluding carboxylic acids is 1. The lowest BCUT2D eigenvalue weighted by atomic mass is 10.1. The number of hydrogen-bond acceptors (Lipinski definition) is 5. The Bertz CT molecular complexity index is 538. The molecule has 7 heteroatoms. The molecule has 0 fully saturated rings. The zero-order chi connectivity index (χ0) is 15.2. The molecule has 0 aliphatic rings. The third-order valence-corrected chi connectivity index (χ3v) is 3.64. The molecule has 0 spiro atoms. The smallest absolute Gasteiger partial charge is 0.310 e. The second-order valence-electron chi connectivity index (χ2n) is 4.18. The van der Waals surface area contributed by atoms with E-state index in [9.17, 15) is 13.2 Å². The highest BCUT2D eigenvalue weighted by Crippen LogP contribution is 2.18. The molecule has 112 valence electrons. The van der Waals surface area contributed by atoms with Gasteiger partial charge in [0.1, 0.15) is 6.73 Å². The molecule has 0 atom stereocenters. The number of esters is 1. The average molecular weight is 301 g/mol. The number of benzene rings is 1. The maximum absolute atomic E-state index is 11.6. The largest absolute Gasteiger partial charge is 0.466 e. The van der Waals surface area contributed by atoms with E-state index >= 15 is 0 Å². The van der Waals surface area contributed by atoms with Crippen LogP contribution in [-0.2, 0) is 30.7 Å². The Morgan fingerprint density at radius 2 is 1.85 bits per heavy atom. The molecular weight excluding hydrogens is 282 g/mol. The lowest BCUT2D eigenvalue weighted by molar-refractivity contribution is -0.142. The van der Waals surface area contributed by atoms with E-state index in [1.165, 1.54) is 7.11 Å². The fourth-order valence-corrected chi connectivity index (χ4v) is 2.44. The summed E-state index contributed by atoms with van der Waals surface area (Å²) in [5, 5.41) is 0. The van der Waals surface area contributed by atoms with E-state index in [2.05, 4.69) is 0 Å². The second-order valence-corrected chi connectivity index (χ2v) is 6.08. The van der Waals surface area contributed by atoms with E-state index in [1.54, 1.807) is 31.2 Å². The molecule has 0 N–H and O–H groups in total. The van der Waals surface area contributed by atoms with Crippen LogP contribution in [0.1, 0.15) is 12.5 Å². The topological polar surface area (TPSA) is 72.9 Å². The van der Waals surface area contributed by atoms with E-state index in [0.29, 0.717) is 12.3 Å². The van der Waals surface area contributed by atoms with Crippen LogP contribution < -0.4 is 4.31 Å². The molecule has 0 heterocycles. The molecular formula is C13H19NO5S. The van der Waals surface area contributed by atoms with Crippen molar-refractivity contribution in [1.29, 1.82) is 0 Å². The highest BCUT2D eigenvalue weighted by atomic mass is 32.2. The fraction of sp³-hybridized carbons (Fsp3) is 0.462. The van der Waals surface area contributed by atoms with Gasteiger partial charge in [0, 0.05) is 7.11 Å². The van der Waals surface area contributed by atoms with Crippen LogP contribution >= 0.6 is 0 Å². The van der Waals surface area contributed by atoms with Gasteiger partial charge in [-0.05, 0) is 24.6 Å². The number of rotatable bonds is 7. The van der Waals surface area contributed by atoms with Gasteiger partial charge in [-0.2, -0.15) is 0 Å². The van der Waals surface area contributed by atoms with E-state index in [-0.39, 0.29) is 19.1 Å². The molecule has 0 amide bonds. The molecule has 20 heavy (non-hydrogen) atoms. The molecule has 0 saturated carbocycles. The minimum atomic E-state index is -3.41. The van der Waals surface area contributed by atoms with Crippen LogP contribution in [0.3, 0.4) is 0 Å². The van der Waals surface area contributed by atoms with E-state index in [4.69, 9.17) is 9.47 Å². The number of anilines is 1. The standard InChI is InChI=1S/C13H19NO5S/c1-4-19-13(15)9-11-5-7-12(8-6-11)14(10-18-2)20(3,16)17/h5-8H,4,9-10H2,1-3H3. The van der Waals surface area contributed by atoms with Crippen molar-refractivity contribution in [3.63, 3.8) is 0 Å². The van der Waals surface area contributed by atoms with Crippen molar-refractivity contribution in [2.75, 3.05) is 31.0 Å². The van der Waals surface area contributed by atoms with Gasteiger partial charge in [-0.1, -0.05) is 12.1 Å². The Kier molecular flexibility index (Phi) is 5.97. The number of methoxy groups -OCH3 is 1. The molecule has 0 aliphatic carbocycles. The lowest BCUT2D eigenvalue weighted by Gasteiger charge is -2.21. The highest BCUT2D eigenvalue weighted by molar-refractivity contribution is 7.92. The van der Waals surface area contributed by atoms with Crippen LogP contribution in [0.4, 0.5) is 5.69 Å².